The molecule has 3 unspecified atom stereocenters. The Labute approximate surface area is 93.4 Å². The Morgan fingerprint density at radius 1 is 1.43 bits per heavy atom. The maximum absolute atomic E-state index is 3.83. The molecule has 0 bridgehead atoms. The molecule has 1 aliphatic rings. The first-order valence-corrected chi connectivity index (χ1v) is 7.07. The number of thioether (sulfide) groups is 1. The van der Waals surface area contributed by atoms with Crippen LogP contribution in [0.3, 0.4) is 0 Å². The SMILES string of the molecule is CCC(NC1CCCSC1C)C(C)C. The first-order valence-electron chi connectivity index (χ1n) is 6.02. The highest BCUT2D eigenvalue weighted by Crippen LogP contribution is 2.26. The van der Waals surface area contributed by atoms with E-state index in [4.69, 9.17) is 0 Å². The normalized spacial score (nSPS) is 30.6. The number of hydrogen-bond acceptors (Lipinski definition) is 2. The second-order valence-corrected chi connectivity index (χ2v) is 6.24. The minimum absolute atomic E-state index is 0.709. The van der Waals surface area contributed by atoms with Crippen molar-refractivity contribution in [3.63, 3.8) is 0 Å². The highest BCUT2D eigenvalue weighted by atomic mass is 32.2. The summed E-state index contributed by atoms with van der Waals surface area (Å²) in [6.45, 7) is 9.30. The van der Waals surface area contributed by atoms with Crippen molar-refractivity contribution in [3.8, 4) is 0 Å². The van der Waals surface area contributed by atoms with E-state index in [-0.39, 0.29) is 0 Å². The van der Waals surface area contributed by atoms with E-state index in [9.17, 15) is 0 Å². The lowest BCUT2D eigenvalue weighted by molar-refractivity contribution is 0.326. The number of nitrogens with one attached hydrogen (secondary N) is 1. The fourth-order valence-electron chi connectivity index (χ4n) is 2.20. The second-order valence-electron chi connectivity index (χ2n) is 4.75. The van der Waals surface area contributed by atoms with Crippen LogP contribution in [0.4, 0.5) is 0 Å². The van der Waals surface area contributed by atoms with Crippen LogP contribution in [0.2, 0.25) is 0 Å². The third-order valence-corrected chi connectivity index (χ3v) is 4.66. The quantitative estimate of drug-likeness (QED) is 0.772. The minimum Gasteiger partial charge on any atom is -0.310 e. The van der Waals surface area contributed by atoms with Crippen LogP contribution in [0.5, 0.6) is 0 Å². The number of hydrogen-bond donors (Lipinski definition) is 1. The van der Waals surface area contributed by atoms with Gasteiger partial charge in [-0.2, -0.15) is 11.8 Å². The fraction of sp³-hybridized carbons (Fsp3) is 1.00. The van der Waals surface area contributed by atoms with Crippen LogP contribution >= 0.6 is 11.8 Å². The number of rotatable bonds is 4. The van der Waals surface area contributed by atoms with Crippen LogP contribution in [0.25, 0.3) is 0 Å². The summed E-state index contributed by atoms with van der Waals surface area (Å²) in [7, 11) is 0. The summed E-state index contributed by atoms with van der Waals surface area (Å²) < 4.78 is 0. The van der Waals surface area contributed by atoms with E-state index >= 15 is 0 Å². The first-order chi connectivity index (χ1) is 6.65. The van der Waals surface area contributed by atoms with Gasteiger partial charge in [-0.25, -0.2) is 0 Å². The molecule has 0 aromatic rings. The van der Waals surface area contributed by atoms with Crippen molar-refractivity contribution in [1.29, 1.82) is 0 Å². The molecule has 1 heterocycles. The van der Waals surface area contributed by atoms with E-state index in [0.717, 1.165) is 17.2 Å². The van der Waals surface area contributed by atoms with Gasteiger partial charge in [-0.1, -0.05) is 27.7 Å². The predicted molar refractivity (Wildman–Crippen MR) is 67.0 cm³/mol. The van der Waals surface area contributed by atoms with Crippen LogP contribution in [0, 0.1) is 5.92 Å². The zero-order valence-electron chi connectivity index (χ0n) is 10.0. The molecule has 1 fully saturated rings. The smallest absolute Gasteiger partial charge is 0.0186 e. The molecule has 1 nitrogen and oxygen atoms in total. The van der Waals surface area contributed by atoms with Crippen LogP contribution < -0.4 is 5.32 Å². The van der Waals surface area contributed by atoms with E-state index < -0.39 is 0 Å². The Morgan fingerprint density at radius 2 is 2.14 bits per heavy atom. The third-order valence-electron chi connectivity index (χ3n) is 3.28. The maximum atomic E-state index is 3.83. The van der Waals surface area contributed by atoms with Gasteiger partial charge >= 0.3 is 0 Å². The molecule has 0 aromatic heterocycles. The Kier molecular flexibility index (Phi) is 5.32. The molecule has 0 saturated carbocycles. The molecule has 0 amide bonds. The Hall–Kier alpha value is 0.310. The summed E-state index contributed by atoms with van der Waals surface area (Å²) in [4.78, 5) is 0. The van der Waals surface area contributed by atoms with Gasteiger partial charge in [0.1, 0.15) is 0 Å². The molecule has 0 spiro atoms. The summed E-state index contributed by atoms with van der Waals surface area (Å²) in [6, 6.07) is 1.46. The molecular weight excluding hydrogens is 190 g/mol. The van der Waals surface area contributed by atoms with E-state index in [2.05, 4.69) is 44.8 Å². The lowest BCUT2D eigenvalue weighted by atomic mass is 9.98. The van der Waals surface area contributed by atoms with Gasteiger partial charge in [-0.05, 0) is 30.9 Å². The topological polar surface area (TPSA) is 12.0 Å². The van der Waals surface area contributed by atoms with E-state index in [1.165, 1.54) is 25.0 Å². The van der Waals surface area contributed by atoms with Crippen molar-refractivity contribution in [2.24, 2.45) is 5.92 Å². The molecule has 2 heteroatoms. The summed E-state index contributed by atoms with van der Waals surface area (Å²) in [5.74, 6) is 2.12. The molecule has 1 rings (SSSR count). The van der Waals surface area contributed by atoms with Gasteiger partial charge in [-0.3, -0.25) is 0 Å². The lowest BCUT2D eigenvalue weighted by Crippen LogP contribution is -2.46. The van der Waals surface area contributed by atoms with Crippen molar-refractivity contribution in [3.05, 3.63) is 0 Å². The summed E-state index contributed by atoms with van der Waals surface area (Å²) >= 11 is 2.13. The van der Waals surface area contributed by atoms with Crippen molar-refractivity contribution >= 4 is 11.8 Å². The highest BCUT2D eigenvalue weighted by molar-refractivity contribution is 7.99. The Bertz CT molecular complexity index is 158. The van der Waals surface area contributed by atoms with Crippen LogP contribution in [0.15, 0.2) is 0 Å². The van der Waals surface area contributed by atoms with Gasteiger partial charge in [0, 0.05) is 17.3 Å². The zero-order valence-corrected chi connectivity index (χ0v) is 10.9. The molecule has 0 aromatic carbocycles. The molecule has 0 radical (unpaired) electrons. The van der Waals surface area contributed by atoms with Gasteiger partial charge in [0.2, 0.25) is 0 Å². The van der Waals surface area contributed by atoms with Crippen molar-refractivity contribution in [2.75, 3.05) is 5.75 Å². The molecule has 0 aliphatic carbocycles. The minimum atomic E-state index is 0.709. The van der Waals surface area contributed by atoms with Crippen molar-refractivity contribution < 1.29 is 0 Å². The molecule has 14 heavy (non-hydrogen) atoms. The molecule has 1 aliphatic heterocycles. The largest absolute Gasteiger partial charge is 0.310 e. The molecule has 1 N–H and O–H groups in total. The zero-order chi connectivity index (χ0) is 10.6. The van der Waals surface area contributed by atoms with Gasteiger partial charge in [0.15, 0.2) is 0 Å². The van der Waals surface area contributed by atoms with Crippen molar-refractivity contribution in [1.82, 2.24) is 5.32 Å². The predicted octanol–water partition coefficient (Wildman–Crippen LogP) is 3.29. The first kappa shape index (κ1) is 12.4. The Balaban J connectivity index is 2.39. The Morgan fingerprint density at radius 3 is 2.64 bits per heavy atom. The van der Waals surface area contributed by atoms with Crippen LogP contribution in [-0.2, 0) is 0 Å². The van der Waals surface area contributed by atoms with Gasteiger partial charge in [0.25, 0.3) is 0 Å². The standard InChI is InChI=1S/C12H25NS/c1-5-11(9(2)3)13-12-7-6-8-14-10(12)4/h9-13H,5-8H2,1-4H3. The highest BCUT2D eigenvalue weighted by Gasteiger charge is 2.24. The second kappa shape index (κ2) is 6.02. The van der Waals surface area contributed by atoms with Crippen molar-refractivity contribution in [2.45, 2.75) is 64.3 Å². The average molecular weight is 215 g/mol. The van der Waals surface area contributed by atoms with E-state index in [1.807, 2.05) is 0 Å². The van der Waals surface area contributed by atoms with E-state index in [0.29, 0.717) is 6.04 Å². The van der Waals surface area contributed by atoms with Gasteiger partial charge in [0.05, 0.1) is 0 Å². The third kappa shape index (κ3) is 3.47. The maximum Gasteiger partial charge on any atom is 0.0186 e. The van der Waals surface area contributed by atoms with Crippen LogP contribution in [0.1, 0.15) is 47.0 Å². The molecule has 1 saturated heterocycles. The van der Waals surface area contributed by atoms with Gasteiger partial charge < -0.3 is 5.32 Å². The molecular formula is C12H25NS. The fourth-order valence-corrected chi connectivity index (χ4v) is 3.35. The molecule has 84 valence electrons. The summed E-state index contributed by atoms with van der Waals surface area (Å²) in [5.41, 5.74) is 0. The molecule has 3 atom stereocenters. The van der Waals surface area contributed by atoms with E-state index in [1.54, 1.807) is 0 Å². The summed E-state index contributed by atoms with van der Waals surface area (Å²) in [5, 5.41) is 4.64. The summed E-state index contributed by atoms with van der Waals surface area (Å²) in [6.07, 6.45) is 4.02. The van der Waals surface area contributed by atoms with Gasteiger partial charge in [-0.15, -0.1) is 0 Å². The lowest BCUT2D eigenvalue weighted by Gasteiger charge is -2.34. The monoisotopic (exact) mass is 215 g/mol. The average Bonchev–Trinajstić information content (AvgIpc) is 2.16. The van der Waals surface area contributed by atoms with Crippen LogP contribution in [-0.4, -0.2) is 23.1 Å².